The van der Waals surface area contributed by atoms with Crippen molar-refractivity contribution in [1.29, 1.82) is 0 Å². The van der Waals surface area contributed by atoms with E-state index in [0.29, 0.717) is 29.7 Å². The lowest BCUT2D eigenvalue weighted by Gasteiger charge is -2.58. The number of nitrogens with zero attached hydrogens (tertiary/aromatic N) is 4. The first kappa shape index (κ1) is 17.2. The molecule has 5 fully saturated rings. The first-order valence-corrected chi connectivity index (χ1v) is 11.6. The molecule has 0 N–H and O–H groups in total. The third-order valence-corrected chi connectivity index (χ3v) is 9.46. The molecule has 1 aromatic heterocycles. The van der Waals surface area contributed by atoms with Crippen LogP contribution in [-0.4, -0.2) is 59.6 Å². The molecule has 4 aliphatic carbocycles. The van der Waals surface area contributed by atoms with Gasteiger partial charge in [0.05, 0.1) is 5.69 Å². The Bertz CT molecular complexity index is 766. The van der Waals surface area contributed by atoms with Crippen molar-refractivity contribution < 1.29 is 8.42 Å². The predicted molar refractivity (Wildman–Crippen MR) is 99.1 cm³/mol. The van der Waals surface area contributed by atoms with Crippen LogP contribution in [0, 0.1) is 30.6 Å². The smallest absolute Gasteiger partial charge is 0.246 e. The van der Waals surface area contributed by atoms with Crippen molar-refractivity contribution in [2.75, 3.05) is 26.2 Å². The molecule has 5 aliphatic rings. The molecular formula is C19H30N4O2S. The topological polar surface area (TPSA) is 58.4 Å². The number of rotatable bonds is 3. The second kappa shape index (κ2) is 6.04. The van der Waals surface area contributed by atoms with Crippen molar-refractivity contribution in [3.8, 4) is 0 Å². The van der Waals surface area contributed by atoms with Gasteiger partial charge < -0.3 is 0 Å². The van der Waals surface area contributed by atoms with Gasteiger partial charge in [-0.1, -0.05) is 0 Å². The predicted octanol–water partition coefficient (Wildman–Crippen LogP) is 1.86. The van der Waals surface area contributed by atoms with Crippen molar-refractivity contribution in [3.63, 3.8) is 0 Å². The molecule has 6 nitrogen and oxygen atoms in total. The number of hydrogen-bond acceptors (Lipinski definition) is 4. The van der Waals surface area contributed by atoms with Gasteiger partial charge in [0.1, 0.15) is 4.90 Å². The highest BCUT2D eigenvalue weighted by Crippen LogP contribution is 2.55. The maximum absolute atomic E-state index is 13.0. The van der Waals surface area contributed by atoms with E-state index in [-0.39, 0.29) is 0 Å². The Morgan fingerprint density at radius 3 is 2.04 bits per heavy atom. The molecule has 4 bridgehead atoms. The lowest BCUT2D eigenvalue weighted by molar-refractivity contribution is -0.0720. The van der Waals surface area contributed by atoms with E-state index in [0.717, 1.165) is 36.8 Å². The molecule has 2 heterocycles. The van der Waals surface area contributed by atoms with Crippen LogP contribution in [0.1, 0.15) is 37.8 Å². The zero-order valence-electron chi connectivity index (χ0n) is 15.8. The summed E-state index contributed by atoms with van der Waals surface area (Å²) in [5.74, 6) is 3.72. The summed E-state index contributed by atoms with van der Waals surface area (Å²) in [4.78, 5) is 3.00. The summed E-state index contributed by atoms with van der Waals surface area (Å²) in [5, 5.41) is 4.21. The van der Waals surface area contributed by atoms with Crippen molar-refractivity contribution >= 4 is 10.0 Å². The summed E-state index contributed by atoms with van der Waals surface area (Å²) in [6.45, 7) is 4.76. The summed E-state index contributed by atoms with van der Waals surface area (Å²) in [6, 6.07) is 0.716. The number of hydrogen-bond donors (Lipinski definition) is 0. The molecular weight excluding hydrogens is 348 g/mol. The summed E-state index contributed by atoms with van der Waals surface area (Å²) in [5.41, 5.74) is 0.593. The SMILES string of the molecule is Cc1nn(C)cc1S(=O)(=O)N1CCN(C2C3CC4CC(C3)CC2C4)CC1. The van der Waals surface area contributed by atoms with Gasteiger partial charge in [-0.3, -0.25) is 9.58 Å². The van der Waals surface area contributed by atoms with Gasteiger partial charge >= 0.3 is 0 Å². The van der Waals surface area contributed by atoms with Crippen LogP contribution < -0.4 is 0 Å². The molecule has 26 heavy (non-hydrogen) atoms. The molecule has 0 amide bonds. The molecule has 1 aliphatic heterocycles. The summed E-state index contributed by atoms with van der Waals surface area (Å²) < 4.78 is 29.3. The minimum atomic E-state index is -3.42. The van der Waals surface area contributed by atoms with Crippen LogP contribution in [0.15, 0.2) is 11.1 Å². The molecule has 1 aromatic rings. The van der Waals surface area contributed by atoms with E-state index in [4.69, 9.17) is 0 Å². The zero-order valence-corrected chi connectivity index (χ0v) is 16.7. The molecule has 1 saturated heterocycles. The van der Waals surface area contributed by atoms with Crippen LogP contribution in [0.5, 0.6) is 0 Å². The maximum Gasteiger partial charge on any atom is 0.246 e. The lowest BCUT2D eigenvalue weighted by atomic mass is 9.54. The van der Waals surface area contributed by atoms with E-state index < -0.39 is 10.0 Å². The minimum absolute atomic E-state index is 0.364. The summed E-state index contributed by atoms with van der Waals surface area (Å²) in [7, 11) is -1.65. The average Bonchev–Trinajstić information content (AvgIpc) is 2.93. The van der Waals surface area contributed by atoms with Crippen LogP contribution in [0.4, 0.5) is 0 Å². The first-order chi connectivity index (χ1) is 12.4. The third-order valence-electron chi connectivity index (χ3n) is 7.46. The Labute approximate surface area is 156 Å². The Kier molecular flexibility index (Phi) is 4.00. The quantitative estimate of drug-likeness (QED) is 0.806. The summed E-state index contributed by atoms with van der Waals surface area (Å²) >= 11 is 0. The second-order valence-corrected chi connectivity index (χ2v) is 11.0. The van der Waals surface area contributed by atoms with Crippen LogP contribution in [0.3, 0.4) is 0 Å². The van der Waals surface area contributed by atoms with E-state index in [2.05, 4.69) is 10.00 Å². The van der Waals surface area contributed by atoms with Crippen LogP contribution >= 0.6 is 0 Å². The fourth-order valence-electron chi connectivity index (χ4n) is 6.70. The molecule has 144 valence electrons. The van der Waals surface area contributed by atoms with Crippen molar-refractivity contribution in [3.05, 3.63) is 11.9 Å². The highest BCUT2D eigenvalue weighted by molar-refractivity contribution is 7.89. The molecule has 7 heteroatoms. The molecule has 4 saturated carbocycles. The average molecular weight is 379 g/mol. The normalized spacial score (nSPS) is 38.2. The molecule has 0 aromatic carbocycles. The van der Waals surface area contributed by atoms with E-state index in [1.165, 1.54) is 32.1 Å². The molecule has 0 spiro atoms. The number of aromatic nitrogens is 2. The van der Waals surface area contributed by atoms with Crippen LogP contribution in [-0.2, 0) is 17.1 Å². The maximum atomic E-state index is 13.0. The standard InChI is InChI=1S/C19H30N4O2S/c1-13-18(12-21(2)20-13)26(24,25)23-5-3-22(4-6-23)19-16-8-14-7-15(10-16)11-17(19)9-14/h12,14-17,19H,3-11H2,1-2H3. The fourth-order valence-corrected chi connectivity index (χ4v) is 8.33. The zero-order chi connectivity index (χ0) is 18.1. The van der Waals surface area contributed by atoms with Crippen LogP contribution in [0.25, 0.3) is 0 Å². The second-order valence-electron chi connectivity index (χ2n) is 9.11. The fraction of sp³-hybridized carbons (Fsp3) is 0.842. The van der Waals surface area contributed by atoms with Crippen LogP contribution in [0.2, 0.25) is 0 Å². The lowest BCUT2D eigenvalue weighted by Crippen LogP contribution is -2.60. The summed E-state index contributed by atoms with van der Waals surface area (Å²) in [6.07, 6.45) is 8.80. The monoisotopic (exact) mass is 378 g/mol. The molecule has 0 radical (unpaired) electrons. The first-order valence-electron chi connectivity index (χ1n) is 10.2. The number of sulfonamides is 1. The van der Waals surface area contributed by atoms with Gasteiger partial charge in [-0.2, -0.15) is 9.40 Å². The van der Waals surface area contributed by atoms with E-state index in [9.17, 15) is 8.42 Å². The minimum Gasteiger partial charge on any atom is -0.297 e. The highest BCUT2D eigenvalue weighted by Gasteiger charge is 2.50. The van der Waals surface area contributed by atoms with Gasteiger partial charge in [-0.15, -0.1) is 0 Å². The van der Waals surface area contributed by atoms with Crippen molar-refractivity contribution in [1.82, 2.24) is 19.0 Å². The Morgan fingerprint density at radius 2 is 1.54 bits per heavy atom. The largest absolute Gasteiger partial charge is 0.297 e. The van der Waals surface area contributed by atoms with E-state index in [1.807, 2.05) is 0 Å². The van der Waals surface area contributed by atoms with Gasteiger partial charge in [0.25, 0.3) is 0 Å². The molecule has 6 rings (SSSR count). The number of piperazine rings is 1. The van der Waals surface area contributed by atoms with Gasteiger partial charge in [0, 0.05) is 45.5 Å². The van der Waals surface area contributed by atoms with E-state index >= 15 is 0 Å². The van der Waals surface area contributed by atoms with Gasteiger partial charge in [-0.25, -0.2) is 8.42 Å². The van der Waals surface area contributed by atoms with Crippen molar-refractivity contribution in [2.45, 2.75) is 50.0 Å². The Balaban J connectivity index is 1.29. The van der Waals surface area contributed by atoms with Gasteiger partial charge in [-0.05, 0) is 62.7 Å². The number of aryl methyl sites for hydroxylation is 2. The van der Waals surface area contributed by atoms with Crippen molar-refractivity contribution in [2.24, 2.45) is 30.7 Å². The third kappa shape index (κ3) is 2.66. The van der Waals surface area contributed by atoms with Gasteiger partial charge in [0.15, 0.2) is 0 Å². The molecule has 0 atom stereocenters. The Hall–Kier alpha value is -0.920. The van der Waals surface area contributed by atoms with Gasteiger partial charge in [0.2, 0.25) is 10.0 Å². The highest BCUT2D eigenvalue weighted by atomic mass is 32.2. The van der Waals surface area contributed by atoms with E-state index in [1.54, 1.807) is 29.2 Å². The molecule has 0 unspecified atom stereocenters. The Morgan fingerprint density at radius 1 is 0.962 bits per heavy atom.